The predicted molar refractivity (Wildman–Crippen MR) is 93.2 cm³/mol. The average Bonchev–Trinajstić information content (AvgIpc) is 2.53. The van der Waals surface area contributed by atoms with Crippen LogP contribution in [-0.2, 0) is 15.8 Å². The third-order valence-electron chi connectivity index (χ3n) is 4.41. The largest absolute Gasteiger partial charge is 0.299 e. The number of sulfonamides is 1. The first kappa shape index (κ1) is 18.8. The summed E-state index contributed by atoms with van der Waals surface area (Å²) in [6, 6.07) is 5.75. The third-order valence-corrected chi connectivity index (χ3v) is 5.73. The maximum Gasteiger partial charge on any atom is 0.269 e. The molecule has 2 atom stereocenters. The molecule has 2 rings (SSSR count). The van der Waals surface area contributed by atoms with Crippen LogP contribution in [0.15, 0.2) is 24.3 Å². The number of likely N-dealkylation sites (tertiary alicyclic amines) is 1. The molecule has 1 aliphatic heterocycles. The molecule has 134 valence electrons. The fraction of sp³-hybridized carbons (Fsp3) is 0.625. The summed E-state index contributed by atoms with van der Waals surface area (Å²) in [5, 5.41) is 10.6. The summed E-state index contributed by atoms with van der Waals surface area (Å²) in [6.45, 7) is 6.65. The molecular weight excluding hydrogens is 330 g/mol. The molecule has 0 bridgehead atoms. The highest BCUT2D eigenvalue weighted by Gasteiger charge is 2.22. The molecule has 1 aliphatic rings. The van der Waals surface area contributed by atoms with E-state index in [1.165, 1.54) is 30.7 Å². The second-order valence-corrected chi connectivity index (χ2v) is 8.43. The van der Waals surface area contributed by atoms with E-state index in [0.29, 0.717) is 18.0 Å². The van der Waals surface area contributed by atoms with E-state index >= 15 is 0 Å². The van der Waals surface area contributed by atoms with E-state index in [9.17, 15) is 18.5 Å². The van der Waals surface area contributed by atoms with Crippen LogP contribution in [0, 0.1) is 16.0 Å². The second kappa shape index (κ2) is 8.04. The summed E-state index contributed by atoms with van der Waals surface area (Å²) in [5.41, 5.74) is 0.490. The Labute approximate surface area is 143 Å². The highest BCUT2D eigenvalue weighted by atomic mass is 32.2. The number of hydrogen-bond acceptors (Lipinski definition) is 5. The number of nitrogens with zero attached hydrogens (tertiary/aromatic N) is 2. The van der Waals surface area contributed by atoms with Crippen LogP contribution in [0.25, 0.3) is 0 Å². The quantitative estimate of drug-likeness (QED) is 0.597. The number of nitro benzene ring substituents is 1. The van der Waals surface area contributed by atoms with E-state index in [1.807, 2.05) is 6.92 Å². The minimum absolute atomic E-state index is 0.0445. The average molecular weight is 355 g/mol. The zero-order chi connectivity index (χ0) is 17.7. The lowest BCUT2D eigenvalue weighted by atomic mass is 9.99. The van der Waals surface area contributed by atoms with Gasteiger partial charge in [-0.05, 0) is 37.8 Å². The molecule has 8 heteroatoms. The predicted octanol–water partition coefficient (Wildman–Crippen LogP) is 2.13. The lowest BCUT2D eigenvalue weighted by Crippen LogP contribution is -2.46. The minimum atomic E-state index is -3.46. The van der Waals surface area contributed by atoms with Crippen LogP contribution in [0.5, 0.6) is 0 Å². The normalized spacial score (nSPS) is 20.7. The summed E-state index contributed by atoms with van der Waals surface area (Å²) in [5.74, 6) is 0.478. The Bertz CT molecular complexity index is 660. The molecule has 1 aromatic rings. The molecule has 1 heterocycles. The fourth-order valence-corrected chi connectivity index (χ4v) is 4.22. The van der Waals surface area contributed by atoms with Gasteiger partial charge in [0.2, 0.25) is 10.0 Å². The maximum absolute atomic E-state index is 12.2. The van der Waals surface area contributed by atoms with E-state index in [1.54, 1.807) is 0 Å². The Morgan fingerprint density at radius 3 is 2.62 bits per heavy atom. The molecule has 1 N–H and O–H groups in total. The van der Waals surface area contributed by atoms with Crippen molar-refractivity contribution in [3.8, 4) is 0 Å². The number of rotatable bonds is 7. The summed E-state index contributed by atoms with van der Waals surface area (Å²) in [6.07, 6.45) is 2.39. The van der Waals surface area contributed by atoms with Crippen molar-refractivity contribution in [2.24, 2.45) is 5.92 Å². The van der Waals surface area contributed by atoms with Gasteiger partial charge in [-0.25, -0.2) is 13.1 Å². The van der Waals surface area contributed by atoms with Gasteiger partial charge in [-0.2, -0.15) is 0 Å². The molecule has 24 heavy (non-hydrogen) atoms. The van der Waals surface area contributed by atoms with Crippen LogP contribution >= 0.6 is 0 Å². The minimum Gasteiger partial charge on any atom is -0.299 e. The zero-order valence-corrected chi connectivity index (χ0v) is 15.0. The van der Waals surface area contributed by atoms with Crippen molar-refractivity contribution in [2.45, 2.75) is 38.5 Å². The Hall–Kier alpha value is -1.51. The van der Waals surface area contributed by atoms with E-state index < -0.39 is 14.9 Å². The van der Waals surface area contributed by atoms with Crippen LogP contribution in [0.3, 0.4) is 0 Å². The number of piperidine rings is 1. The van der Waals surface area contributed by atoms with Crippen LogP contribution < -0.4 is 4.72 Å². The number of nitro groups is 1. The number of nitrogens with one attached hydrogen (secondary N) is 1. The molecule has 0 saturated carbocycles. The standard InChI is InChI=1S/C16H25N3O4S/c1-13-4-3-9-18(11-13)14(2)10-17-24(22,23)12-15-5-7-16(8-6-15)19(20)21/h5-8,13-14,17H,3-4,9-12H2,1-2H3. The zero-order valence-electron chi connectivity index (χ0n) is 14.1. The first-order valence-electron chi connectivity index (χ1n) is 8.21. The van der Waals surface area contributed by atoms with E-state index in [0.717, 1.165) is 19.5 Å². The molecule has 2 unspecified atom stereocenters. The maximum atomic E-state index is 12.2. The van der Waals surface area contributed by atoms with Gasteiger partial charge in [-0.15, -0.1) is 0 Å². The van der Waals surface area contributed by atoms with Crippen molar-refractivity contribution < 1.29 is 13.3 Å². The topological polar surface area (TPSA) is 92.6 Å². The molecule has 7 nitrogen and oxygen atoms in total. The number of benzene rings is 1. The SMILES string of the molecule is CC1CCCN(C(C)CNS(=O)(=O)Cc2ccc([N+](=O)[O-])cc2)C1. The van der Waals surface area contributed by atoms with Crippen molar-refractivity contribution in [3.05, 3.63) is 39.9 Å². The van der Waals surface area contributed by atoms with Crippen molar-refractivity contribution in [3.63, 3.8) is 0 Å². The van der Waals surface area contributed by atoms with E-state index in [-0.39, 0.29) is 17.5 Å². The molecule has 0 spiro atoms. The van der Waals surface area contributed by atoms with Crippen molar-refractivity contribution in [2.75, 3.05) is 19.6 Å². The monoisotopic (exact) mass is 355 g/mol. The van der Waals surface area contributed by atoms with Crippen molar-refractivity contribution in [1.29, 1.82) is 0 Å². The Kier molecular flexibility index (Phi) is 6.31. The molecule has 0 radical (unpaired) electrons. The van der Waals surface area contributed by atoms with Gasteiger partial charge in [0.25, 0.3) is 5.69 Å². The summed E-state index contributed by atoms with van der Waals surface area (Å²) < 4.78 is 27.1. The number of hydrogen-bond donors (Lipinski definition) is 1. The van der Waals surface area contributed by atoms with Crippen LogP contribution in [-0.4, -0.2) is 43.9 Å². The first-order valence-corrected chi connectivity index (χ1v) is 9.87. The van der Waals surface area contributed by atoms with Gasteiger partial charge in [0.15, 0.2) is 0 Å². The van der Waals surface area contributed by atoms with Gasteiger partial charge in [0.1, 0.15) is 0 Å². The molecule has 0 aliphatic carbocycles. The molecule has 1 saturated heterocycles. The molecule has 1 fully saturated rings. The van der Waals surface area contributed by atoms with Gasteiger partial charge in [-0.1, -0.05) is 19.1 Å². The lowest BCUT2D eigenvalue weighted by molar-refractivity contribution is -0.384. The Balaban J connectivity index is 1.87. The van der Waals surface area contributed by atoms with Gasteiger partial charge in [-0.3, -0.25) is 15.0 Å². The van der Waals surface area contributed by atoms with Gasteiger partial charge < -0.3 is 0 Å². The van der Waals surface area contributed by atoms with E-state index in [4.69, 9.17) is 0 Å². The molecule has 0 amide bonds. The van der Waals surface area contributed by atoms with Crippen LogP contribution in [0.4, 0.5) is 5.69 Å². The Morgan fingerprint density at radius 2 is 2.04 bits per heavy atom. The van der Waals surface area contributed by atoms with Crippen molar-refractivity contribution >= 4 is 15.7 Å². The van der Waals surface area contributed by atoms with Gasteiger partial charge in [0.05, 0.1) is 10.7 Å². The van der Waals surface area contributed by atoms with E-state index in [2.05, 4.69) is 16.5 Å². The van der Waals surface area contributed by atoms with Gasteiger partial charge in [0, 0.05) is 31.3 Å². The molecule has 1 aromatic carbocycles. The summed E-state index contributed by atoms with van der Waals surface area (Å²) in [4.78, 5) is 12.4. The smallest absolute Gasteiger partial charge is 0.269 e. The van der Waals surface area contributed by atoms with Crippen LogP contribution in [0.2, 0.25) is 0 Å². The molecule has 0 aromatic heterocycles. The highest BCUT2D eigenvalue weighted by Crippen LogP contribution is 2.18. The number of non-ortho nitro benzene ring substituents is 1. The van der Waals surface area contributed by atoms with Crippen molar-refractivity contribution in [1.82, 2.24) is 9.62 Å². The lowest BCUT2D eigenvalue weighted by Gasteiger charge is -2.35. The first-order chi connectivity index (χ1) is 11.3. The summed E-state index contributed by atoms with van der Waals surface area (Å²) >= 11 is 0. The highest BCUT2D eigenvalue weighted by molar-refractivity contribution is 7.88. The Morgan fingerprint density at radius 1 is 1.38 bits per heavy atom. The van der Waals surface area contributed by atoms with Gasteiger partial charge >= 0.3 is 0 Å². The molecular formula is C16H25N3O4S. The second-order valence-electron chi connectivity index (χ2n) is 6.62. The third kappa shape index (κ3) is 5.54. The fourth-order valence-electron chi connectivity index (χ4n) is 2.99. The van der Waals surface area contributed by atoms with Crippen LogP contribution in [0.1, 0.15) is 32.3 Å². The summed E-state index contributed by atoms with van der Waals surface area (Å²) in [7, 11) is -3.46.